The van der Waals surface area contributed by atoms with E-state index in [4.69, 9.17) is 4.74 Å². The van der Waals surface area contributed by atoms with Gasteiger partial charge in [-0.2, -0.15) is 0 Å². The molecule has 158 valence electrons. The summed E-state index contributed by atoms with van der Waals surface area (Å²) in [7, 11) is 0. The van der Waals surface area contributed by atoms with Crippen molar-refractivity contribution in [3.63, 3.8) is 0 Å². The zero-order valence-corrected chi connectivity index (χ0v) is 17.9. The average molecular weight is 408 g/mol. The summed E-state index contributed by atoms with van der Waals surface area (Å²) in [5.41, 5.74) is 2.47. The van der Waals surface area contributed by atoms with E-state index in [2.05, 4.69) is 0 Å². The highest BCUT2D eigenvalue weighted by molar-refractivity contribution is 6.04. The maximum absolute atomic E-state index is 13.0. The van der Waals surface area contributed by atoms with Gasteiger partial charge >= 0.3 is 12.1 Å². The molecule has 1 saturated heterocycles. The van der Waals surface area contributed by atoms with Crippen molar-refractivity contribution in [2.75, 3.05) is 13.2 Å². The Morgan fingerprint density at radius 3 is 2.17 bits per heavy atom. The lowest BCUT2D eigenvalue weighted by molar-refractivity contribution is -0.137. The van der Waals surface area contributed by atoms with E-state index in [0.29, 0.717) is 6.42 Å². The number of carbonyl (C=O) groups excluding carboxylic acids is 3. The van der Waals surface area contributed by atoms with Gasteiger partial charge in [-0.1, -0.05) is 75.4 Å². The lowest BCUT2D eigenvalue weighted by atomic mass is 9.93. The number of benzene rings is 2. The van der Waals surface area contributed by atoms with Crippen molar-refractivity contribution < 1.29 is 19.1 Å². The fourth-order valence-electron chi connectivity index (χ4n) is 3.52. The van der Waals surface area contributed by atoms with E-state index in [9.17, 15) is 14.4 Å². The maximum Gasteiger partial charge on any atom is 0.418 e. The molecule has 0 spiro atoms. The third-order valence-corrected chi connectivity index (χ3v) is 5.08. The first-order chi connectivity index (χ1) is 14.2. The van der Waals surface area contributed by atoms with E-state index in [1.165, 1.54) is 4.90 Å². The van der Waals surface area contributed by atoms with Crippen LogP contribution in [0.5, 0.6) is 0 Å². The molecule has 2 aromatic rings. The summed E-state index contributed by atoms with van der Waals surface area (Å²) in [4.78, 5) is 40.3. The van der Waals surface area contributed by atoms with Gasteiger partial charge in [-0.15, -0.1) is 0 Å². The summed E-state index contributed by atoms with van der Waals surface area (Å²) in [6.45, 7) is 7.27. The molecule has 0 saturated carbocycles. The normalized spacial score (nSPS) is 16.7. The standard InChI is InChI=1S/C24H28N2O4/c1-5-30-23(29)25-16-20(26(22(25)28)21(27)24(2,3)4)15-17-11-13-19(14-12-17)18-9-7-6-8-10-18/h6-14,20H,5,15-16H2,1-4H3/t20-/m1/s1. The molecule has 3 rings (SSSR count). The van der Waals surface area contributed by atoms with E-state index in [-0.39, 0.29) is 19.1 Å². The number of amides is 4. The number of hydrogen-bond donors (Lipinski definition) is 0. The Morgan fingerprint density at radius 2 is 1.60 bits per heavy atom. The van der Waals surface area contributed by atoms with Crippen LogP contribution in [0, 0.1) is 5.41 Å². The molecule has 1 aliphatic heterocycles. The Morgan fingerprint density at radius 1 is 1.00 bits per heavy atom. The lowest BCUT2D eigenvalue weighted by Crippen LogP contribution is -2.47. The van der Waals surface area contributed by atoms with Crippen molar-refractivity contribution >= 4 is 18.0 Å². The van der Waals surface area contributed by atoms with Crippen LogP contribution in [0.3, 0.4) is 0 Å². The molecule has 1 heterocycles. The summed E-state index contributed by atoms with van der Waals surface area (Å²) in [5.74, 6) is -0.301. The quantitative estimate of drug-likeness (QED) is 0.733. The predicted octanol–water partition coefficient (Wildman–Crippen LogP) is 4.73. The third-order valence-electron chi connectivity index (χ3n) is 5.08. The molecule has 30 heavy (non-hydrogen) atoms. The second-order valence-electron chi connectivity index (χ2n) is 8.44. The molecule has 0 N–H and O–H groups in total. The average Bonchev–Trinajstić information content (AvgIpc) is 3.04. The Hall–Kier alpha value is -3.15. The van der Waals surface area contributed by atoms with Crippen molar-refractivity contribution in [3.8, 4) is 11.1 Å². The second-order valence-corrected chi connectivity index (χ2v) is 8.44. The molecule has 0 aliphatic carbocycles. The van der Waals surface area contributed by atoms with Gasteiger partial charge in [0.1, 0.15) is 0 Å². The van der Waals surface area contributed by atoms with Crippen molar-refractivity contribution in [1.82, 2.24) is 9.80 Å². The van der Waals surface area contributed by atoms with Crippen LogP contribution in [-0.4, -0.2) is 47.0 Å². The number of ether oxygens (including phenoxy) is 1. The van der Waals surface area contributed by atoms with Crippen molar-refractivity contribution in [2.24, 2.45) is 5.41 Å². The summed E-state index contributed by atoms with van der Waals surface area (Å²) in [6, 6.07) is 17.1. The highest BCUT2D eigenvalue weighted by atomic mass is 16.6. The topological polar surface area (TPSA) is 66.9 Å². The van der Waals surface area contributed by atoms with Gasteiger partial charge in [0.05, 0.1) is 19.2 Å². The van der Waals surface area contributed by atoms with Gasteiger partial charge in [0.2, 0.25) is 5.91 Å². The van der Waals surface area contributed by atoms with Gasteiger partial charge in [0, 0.05) is 5.41 Å². The van der Waals surface area contributed by atoms with E-state index in [1.54, 1.807) is 27.7 Å². The molecule has 1 fully saturated rings. The Labute approximate surface area is 177 Å². The van der Waals surface area contributed by atoms with Gasteiger partial charge in [-0.05, 0) is 30.0 Å². The van der Waals surface area contributed by atoms with Crippen LogP contribution in [0.4, 0.5) is 9.59 Å². The van der Waals surface area contributed by atoms with Gasteiger partial charge in [-0.25, -0.2) is 14.5 Å². The minimum Gasteiger partial charge on any atom is -0.449 e. The van der Waals surface area contributed by atoms with Crippen LogP contribution in [-0.2, 0) is 16.0 Å². The van der Waals surface area contributed by atoms with Crippen molar-refractivity contribution in [2.45, 2.75) is 40.2 Å². The maximum atomic E-state index is 13.0. The van der Waals surface area contributed by atoms with Gasteiger partial charge in [0.25, 0.3) is 0 Å². The Balaban J connectivity index is 1.83. The van der Waals surface area contributed by atoms with Crippen LogP contribution in [0.25, 0.3) is 11.1 Å². The SMILES string of the molecule is CCOC(=O)N1C[C@@H](Cc2ccc(-c3ccccc3)cc2)N(C(=O)C(C)(C)C)C1=O. The summed E-state index contributed by atoms with van der Waals surface area (Å²) in [5, 5.41) is 0. The molecule has 1 aliphatic rings. The predicted molar refractivity (Wildman–Crippen MR) is 115 cm³/mol. The fourth-order valence-corrected chi connectivity index (χ4v) is 3.52. The smallest absolute Gasteiger partial charge is 0.418 e. The number of carbonyl (C=O) groups is 3. The highest BCUT2D eigenvalue weighted by Crippen LogP contribution is 2.28. The minimum absolute atomic E-state index is 0.125. The number of rotatable bonds is 4. The molecule has 0 radical (unpaired) electrons. The lowest BCUT2D eigenvalue weighted by Gasteiger charge is -2.28. The van der Waals surface area contributed by atoms with Crippen LogP contribution in [0.2, 0.25) is 0 Å². The summed E-state index contributed by atoms with van der Waals surface area (Å²) < 4.78 is 5.00. The molecular weight excluding hydrogens is 380 g/mol. The molecule has 0 bridgehead atoms. The first-order valence-electron chi connectivity index (χ1n) is 10.2. The first kappa shape index (κ1) is 21.6. The van der Waals surface area contributed by atoms with E-state index >= 15 is 0 Å². The van der Waals surface area contributed by atoms with Crippen LogP contribution >= 0.6 is 0 Å². The summed E-state index contributed by atoms with van der Waals surface area (Å²) in [6.07, 6.45) is -0.241. The molecule has 0 unspecified atom stereocenters. The second kappa shape index (κ2) is 8.69. The zero-order valence-electron chi connectivity index (χ0n) is 17.9. The minimum atomic E-state index is -0.740. The number of urea groups is 1. The Kier molecular flexibility index (Phi) is 6.25. The van der Waals surface area contributed by atoms with Crippen molar-refractivity contribution in [1.29, 1.82) is 0 Å². The van der Waals surface area contributed by atoms with Crippen LogP contribution < -0.4 is 0 Å². The Bertz CT molecular complexity index is 916. The molecule has 2 aromatic carbocycles. The molecule has 1 atom stereocenters. The molecule has 0 aromatic heterocycles. The van der Waals surface area contributed by atoms with Gasteiger partial charge < -0.3 is 4.74 Å². The molecule has 6 nitrogen and oxygen atoms in total. The largest absolute Gasteiger partial charge is 0.449 e. The fraction of sp³-hybridized carbons (Fsp3) is 0.375. The molecule has 4 amide bonds. The van der Waals surface area contributed by atoms with E-state index in [0.717, 1.165) is 21.6 Å². The number of imide groups is 2. The first-order valence-corrected chi connectivity index (χ1v) is 10.2. The molecular formula is C24H28N2O4. The van der Waals surface area contributed by atoms with E-state index < -0.39 is 23.6 Å². The summed E-state index contributed by atoms with van der Waals surface area (Å²) >= 11 is 0. The van der Waals surface area contributed by atoms with Crippen molar-refractivity contribution in [3.05, 3.63) is 60.2 Å². The van der Waals surface area contributed by atoms with E-state index in [1.807, 2.05) is 54.6 Å². The molecule has 6 heteroatoms. The monoisotopic (exact) mass is 408 g/mol. The van der Waals surface area contributed by atoms with Crippen LogP contribution in [0.15, 0.2) is 54.6 Å². The number of nitrogens with zero attached hydrogens (tertiary/aromatic N) is 2. The third kappa shape index (κ3) is 4.53. The van der Waals surface area contributed by atoms with Gasteiger partial charge in [-0.3, -0.25) is 9.69 Å². The van der Waals surface area contributed by atoms with Gasteiger partial charge in [0.15, 0.2) is 0 Å². The number of hydrogen-bond acceptors (Lipinski definition) is 4. The highest BCUT2D eigenvalue weighted by Gasteiger charge is 2.47. The van der Waals surface area contributed by atoms with Crippen LogP contribution in [0.1, 0.15) is 33.3 Å². The zero-order chi connectivity index (χ0) is 21.9.